The zero-order valence-corrected chi connectivity index (χ0v) is 34.7. The molecule has 2 N–H and O–H groups in total. The van der Waals surface area contributed by atoms with Crippen molar-refractivity contribution in [2.45, 2.75) is 19.3 Å². The lowest BCUT2D eigenvalue weighted by Crippen LogP contribution is -2.12. The van der Waals surface area contributed by atoms with Crippen LogP contribution in [0.1, 0.15) is 45.5 Å². The van der Waals surface area contributed by atoms with Crippen molar-refractivity contribution in [2.75, 3.05) is 4.90 Å². The monoisotopic (exact) mass is 797 g/mol. The van der Waals surface area contributed by atoms with Crippen LogP contribution in [-0.2, 0) is 12.8 Å². The number of nitrogens with two attached hydrogens (primary N) is 1. The van der Waals surface area contributed by atoms with Gasteiger partial charge in [-0.1, -0.05) is 164 Å². The van der Waals surface area contributed by atoms with Crippen molar-refractivity contribution in [3.63, 3.8) is 0 Å². The quantitative estimate of drug-likeness (QED) is 0.148. The Morgan fingerprint density at radius 1 is 0.613 bits per heavy atom. The minimum atomic E-state index is 0.741. The number of allylic oxidation sites excluding steroid dienone is 8. The predicted molar refractivity (Wildman–Crippen MR) is 264 cm³/mol. The summed E-state index contributed by atoms with van der Waals surface area (Å²) in [5.74, 6) is 0. The Balaban J connectivity index is 0.981. The molecule has 1 aliphatic carbocycles. The first-order valence-electron chi connectivity index (χ1n) is 21.4. The molecule has 0 spiro atoms. The fourth-order valence-electron chi connectivity index (χ4n) is 8.94. The number of aromatic nitrogens is 1. The van der Waals surface area contributed by atoms with Crippen LogP contribution in [0.2, 0.25) is 0 Å². The van der Waals surface area contributed by atoms with Gasteiger partial charge in [0.2, 0.25) is 0 Å². The van der Waals surface area contributed by atoms with E-state index in [0.717, 1.165) is 64.2 Å². The van der Waals surface area contributed by atoms with Crippen LogP contribution in [0.5, 0.6) is 0 Å². The van der Waals surface area contributed by atoms with Crippen molar-refractivity contribution in [2.24, 2.45) is 5.73 Å². The third kappa shape index (κ3) is 7.69. The molecule has 1 aromatic heterocycles. The highest BCUT2D eigenvalue weighted by atomic mass is 15.1. The van der Waals surface area contributed by atoms with Crippen LogP contribution < -0.4 is 10.6 Å². The van der Waals surface area contributed by atoms with Gasteiger partial charge in [-0.2, -0.15) is 0 Å². The second-order valence-corrected chi connectivity index (χ2v) is 16.0. The molecule has 0 saturated carbocycles. The summed E-state index contributed by atoms with van der Waals surface area (Å²) in [4.78, 5) is 2.29. The molecule has 62 heavy (non-hydrogen) atoms. The van der Waals surface area contributed by atoms with E-state index < -0.39 is 0 Å². The van der Waals surface area contributed by atoms with E-state index in [1.54, 1.807) is 0 Å². The van der Waals surface area contributed by atoms with Crippen LogP contribution in [-0.4, -0.2) is 4.57 Å². The Labute approximate surface area is 364 Å². The van der Waals surface area contributed by atoms with E-state index in [9.17, 15) is 0 Å². The van der Waals surface area contributed by atoms with Crippen LogP contribution >= 0.6 is 0 Å². The van der Waals surface area contributed by atoms with Gasteiger partial charge in [-0.05, 0) is 130 Å². The van der Waals surface area contributed by atoms with Crippen LogP contribution in [0.25, 0.3) is 56.2 Å². The molecule has 3 nitrogen and oxygen atoms in total. The number of benzene rings is 7. The van der Waals surface area contributed by atoms with Gasteiger partial charge in [-0.3, -0.25) is 0 Å². The molecule has 7 aromatic carbocycles. The summed E-state index contributed by atoms with van der Waals surface area (Å²) in [6, 6.07) is 64.8. The number of rotatable bonds is 9. The Kier molecular flexibility index (Phi) is 10.5. The molecular formula is C59H47N3. The Hall–Kier alpha value is -7.88. The lowest BCUT2D eigenvalue weighted by atomic mass is 9.89. The van der Waals surface area contributed by atoms with E-state index in [2.05, 4.69) is 204 Å². The summed E-state index contributed by atoms with van der Waals surface area (Å²) < 4.78 is 2.48. The van der Waals surface area contributed by atoms with Crippen molar-refractivity contribution in [1.82, 2.24) is 4.57 Å². The van der Waals surface area contributed by atoms with E-state index in [4.69, 9.17) is 5.73 Å². The van der Waals surface area contributed by atoms with E-state index in [-0.39, 0.29) is 0 Å². The summed E-state index contributed by atoms with van der Waals surface area (Å²) in [6.45, 7) is 4.56. The fourth-order valence-corrected chi connectivity index (χ4v) is 8.94. The Bertz CT molecular complexity index is 3100. The van der Waals surface area contributed by atoms with Gasteiger partial charge in [0.05, 0.1) is 11.2 Å². The number of anilines is 2. The van der Waals surface area contributed by atoms with E-state index in [1.165, 1.54) is 55.7 Å². The molecule has 0 atom stereocenters. The van der Waals surface area contributed by atoms with Gasteiger partial charge in [-0.15, -0.1) is 0 Å². The zero-order valence-electron chi connectivity index (χ0n) is 34.7. The van der Waals surface area contributed by atoms with Gasteiger partial charge in [0.25, 0.3) is 0 Å². The molecule has 298 valence electrons. The number of hydrogen-bond acceptors (Lipinski definition) is 2. The maximum atomic E-state index is 6.64. The molecule has 0 saturated heterocycles. The van der Waals surface area contributed by atoms with Gasteiger partial charge in [-0.25, -0.2) is 0 Å². The largest absolute Gasteiger partial charge is 0.398 e. The number of nitrogens with zero attached hydrogens (tertiary/aromatic N) is 2. The maximum Gasteiger partial charge on any atom is 0.0537 e. The topological polar surface area (TPSA) is 34.2 Å². The summed E-state index contributed by atoms with van der Waals surface area (Å²) in [5, 5.41) is 1.28. The molecule has 0 bridgehead atoms. The first-order chi connectivity index (χ1) is 30.6. The Morgan fingerprint density at radius 2 is 1.32 bits per heavy atom. The summed E-state index contributed by atoms with van der Waals surface area (Å²) in [7, 11) is 0. The fraction of sp³-hybridized carbons (Fsp3) is 0.0508. The molecule has 2 heterocycles. The van der Waals surface area contributed by atoms with Gasteiger partial charge < -0.3 is 15.2 Å². The average Bonchev–Trinajstić information content (AvgIpc) is 3.67. The third-order valence-electron chi connectivity index (χ3n) is 12.1. The lowest BCUT2D eigenvalue weighted by Gasteiger charge is -2.26. The molecule has 8 aromatic rings. The van der Waals surface area contributed by atoms with Crippen LogP contribution in [0, 0.1) is 0 Å². The first-order valence-corrected chi connectivity index (χ1v) is 21.4. The Morgan fingerprint density at radius 3 is 2.15 bits per heavy atom. The predicted octanol–water partition coefficient (Wildman–Crippen LogP) is 14.6. The van der Waals surface area contributed by atoms with E-state index in [0.29, 0.717) is 0 Å². The molecule has 2 aliphatic rings. The first kappa shape index (κ1) is 38.3. The molecule has 0 amide bonds. The summed E-state index contributed by atoms with van der Waals surface area (Å²) >= 11 is 0. The molecule has 0 fully saturated rings. The highest BCUT2D eigenvalue weighted by Gasteiger charge is 2.23. The number of para-hydroxylation sites is 1. The highest BCUT2D eigenvalue weighted by Crippen LogP contribution is 2.42. The molecule has 0 unspecified atom stereocenters. The van der Waals surface area contributed by atoms with E-state index >= 15 is 0 Å². The standard InChI is InChI=1S/C59H47N3/c1-42-17-13-14-36-61(51-26-15-18-43(37-51)30-31-50(45-21-7-3-8-22-45)41-56(60)46-23-9-4-10-24-46)57-34-32-48(39-54(42)57)49-33-35-59-55(40-49)53-28-11-12-29-58(53)62(59)52-27-16-25-47(38-52)44-19-5-2-6-20-44/h2-29,31-32,34,36-41H,1,30,33,35,60H2/b17-13-,36-14-,50-31+,56-41-. The minimum Gasteiger partial charge on any atom is -0.398 e. The number of fused-ring (bicyclic) bond motifs is 4. The second-order valence-electron chi connectivity index (χ2n) is 16.0. The lowest BCUT2D eigenvalue weighted by molar-refractivity contribution is 0.898. The molecule has 3 heteroatoms. The van der Waals surface area contributed by atoms with Crippen molar-refractivity contribution < 1.29 is 0 Å². The van der Waals surface area contributed by atoms with Crippen molar-refractivity contribution >= 4 is 50.8 Å². The summed E-state index contributed by atoms with van der Waals surface area (Å²) in [6.07, 6.45) is 17.9. The zero-order chi connectivity index (χ0) is 41.8. The second kappa shape index (κ2) is 17.0. The van der Waals surface area contributed by atoms with Crippen LogP contribution in [0.4, 0.5) is 11.4 Å². The minimum absolute atomic E-state index is 0.741. The van der Waals surface area contributed by atoms with E-state index in [1.807, 2.05) is 36.4 Å². The SMILES string of the molecule is C=C1/C=C\C=C/N(c2cccc(C/C=C(\C=C(/N)c3ccccc3)c3ccccc3)c2)c2ccc(C3=Cc4c(n(-c5cccc(-c6ccccc6)c5)c5ccccc45)CC3)cc21. The van der Waals surface area contributed by atoms with Crippen molar-refractivity contribution in [3.05, 3.63) is 264 Å². The van der Waals surface area contributed by atoms with Crippen LogP contribution in [0.15, 0.2) is 225 Å². The van der Waals surface area contributed by atoms with Gasteiger partial charge >= 0.3 is 0 Å². The van der Waals surface area contributed by atoms with Crippen LogP contribution in [0.3, 0.4) is 0 Å². The van der Waals surface area contributed by atoms with Gasteiger partial charge in [0.15, 0.2) is 0 Å². The van der Waals surface area contributed by atoms with Crippen molar-refractivity contribution in [3.8, 4) is 16.8 Å². The van der Waals surface area contributed by atoms with Gasteiger partial charge in [0.1, 0.15) is 0 Å². The van der Waals surface area contributed by atoms with Gasteiger partial charge in [0, 0.05) is 45.5 Å². The molecule has 1 aliphatic heterocycles. The maximum absolute atomic E-state index is 6.64. The molecule has 0 radical (unpaired) electrons. The average molecular weight is 798 g/mol. The third-order valence-corrected chi connectivity index (χ3v) is 12.1. The number of hydrogen-bond donors (Lipinski definition) is 1. The summed E-state index contributed by atoms with van der Waals surface area (Å²) in [5.41, 5.74) is 26.2. The molecular weight excluding hydrogens is 751 g/mol. The van der Waals surface area contributed by atoms with Crippen molar-refractivity contribution in [1.29, 1.82) is 0 Å². The normalized spacial score (nSPS) is 15.0. The highest BCUT2D eigenvalue weighted by molar-refractivity contribution is 6.00. The smallest absolute Gasteiger partial charge is 0.0537 e. The molecule has 10 rings (SSSR count).